The van der Waals surface area contributed by atoms with Crippen LogP contribution in [0.25, 0.3) is 0 Å². The minimum atomic E-state index is -3.53. The second kappa shape index (κ2) is 6.15. The topological polar surface area (TPSA) is 63.4 Å². The van der Waals surface area contributed by atoms with Gasteiger partial charge in [0.25, 0.3) is 0 Å². The van der Waals surface area contributed by atoms with Crippen molar-refractivity contribution in [1.82, 2.24) is 4.31 Å². The van der Waals surface area contributed by atoms with E-state index in [2.05, 4.69) is 11.8 Å². The van der Waals surface area contributed by atoms with E-state index in [1.807, 2.05) is 6.92 Å². The third kappa shape index (κ3) is 2.99. The fourth-order valence-electron chi connectivity index (χ4n) is 2.33. The summed E-state index contributed by atoms with van der Waals surface area (Å²) in [7, 11) is -3.53. The maximum absolute atomic E-state index is 12.6. The summed E-state index contributed by atoms with van der Waals surface area (Å²) in [5, 5.41) is 0.202. The Hall–Kier alpha value is -1.06. The Morgan fingerprint density at radius 1 is 1.50 bits per heavy atom. The van der Waals surface area contributed by atoms with Crippen molar-refractivity contribution >= 4 is 21.6 Å². The van der Waals surface area contributed by atoms with Gasteiger partial charge >= 0.3 is 0 Å². The molecule has 0 aromatic heterocycles. The number of hydrogen-bond acceptors (Lipinski definition) is 3. The van der Waals surface area contributed by atoms with Crippen LogP contribution in [0, 0.1) is 11.8 Å². The number of rotatable bonds is 2. The van der Waals surface area contributed by atoms with E-state index in [-0.39, 0.29) is 22.5 Å². The van der Waals surface area contributed by atoms with Crippen LogP contribution in [0.5, 0.6) is 0 Å². The molecule has 0 radical (unpaired) electrons. The molecule has 1 aliphatic heterocycles. The van der Waals surface area contributed by atoms with Crippen LogP contribution in [0.15, 0.2) is 23.1 Å². The average Bonchev–Trinajstić information content (AvgIpc) is 2.83. The highest BCUT2D eigenvalue weighted by molar-refractivity contribution is 7.89. The zero-order valence-corrected chi connectivity index (χ0v) is 12.8. The molecule has 1 atom stereocenters. The Balaban J connectivity index is 2.38. The van der Waals surface area contributed by atoms with Gasteiger partial charge in [0.1, 0.15) is 4.90 Å². The van der Waals surface area contributed by atoms with E-state index in [0.29, 0.717) is 12.1 Å². The fourth-order valence-corrected chi connectivity index (χ4v) is 4.55. The Kier molecular flexibility index (Phi) is 4.71. The van der Waals surface area contributed by atoms with E-state index < -0.39 is 10.0 Å². The smallest absolute Gasteiger partial charge is 0.244 e. The van der Waals surface area contributed by atoms with Crippen LogP contribution in [0.1, 0.15) is 25.3 Å². The Morgan fingerprint density at radius 3 is 2.80 bits per heavy atom. The molecule has 2 N–H and O–H groups in total. The monoisotopic (exact) mass is 312 g/mol. The highest BCUT2D eigenvalue weighted by atomic mass is 35.5. The van der Waals surface area contributed by atoms with Crippen LogP contribution in [0.4, 0.5) is 0 Å². The first-order chi connectivity index (χ1) is 9.46. The van der Waals surface area contributed by atoms with Crippen LogP contribution in [0.3, 0.4) is 0 Å². The molecule has 0 amide bonds. The van der Waals surface area contributed by atoms with E-state index >= 15 is 0 Å². The van der Waals surface area contributed by atoms with Gasteiger partial charge in [0.2, 0.25) is 10.0 Å². The largest absolute Gasteiger partial charge is 0.320 e. The van der Waals surface area contributed by atoms with Crippen molar-refractivity contribution in [1.29, 1.82) is 0 Å². The van der Waals surface area contributed by atoms with Crippen LogP contribution >= 0.6 is 11.6 Å². The van der Waals surface area contributed by atoms with Crippen molar-refractivity contribution in [2.24, 2.45) is 5.73 Å². The Labute approximate surface area is 125 Å². The molecule has 20 heavy (non-hydrogen) atoms. The molecule has 1 saturated heterocycles. The molecule has 0 saturated carbocycles. The second-order valence-electron chi connectivity index (χ2n) is 4.76. The minimum absolute atomic E-state index is 0.0211. The zero-order valence-electron chi connectivity index (χ0n) is 11.3. The van der Waals surface area contributed by atoms with Gasteiger partial charge < -0.3 is 5.73 Å². The molecule has 0 spiro atoms. The van der Waals surface area contributed by atoms with Crippen molar-refractivity contribution < 1.29 is 8.42 Å². The zero-order chi connectivity index (χ0) is 14.8. The molecule has 1 fully saturated rings. The third-order valence-electron chi connectivity index (χ3n) is 3.35. The van der Waals surface area contributed by atoms with Crippen LogP contribution in [0.2, 0.25) is 5.02 Å². The molecule has 6 heteroatoms. The summed E-state index contributed by atoms with van der Waals surface area (Å²) in [4.78, 5) is 0.145. The summed E-state index contributed by atoms with van der Waals surface area (Å²) >= 11 is 6.11. The Bertz CT molecular complexity index is 661. The number of sulfonamides is 1. The maximum atomic E-state index is 12.6. The summed E-state index contributed by atoms with van der Waals surface area (Å²) in [6, 6.07) is 4.76. The molecular weight excluding hydrogens is 296 g/mol. The van der Waals surface area contributed by atoms with Gasteiger partial charge in [-0.2, -0.15) is 4.31 Å². The number of halogens is 1. The number of nitrogens with zero attached hydrogens (tertiary/aromatic N) is 1. The van der Waals surface area contributed by atoms with Gasteiger partial charge in [-0.25, -0.2) is 8.42 Å². The summed E-state index contributed by atoms with van der Waals surface area (Å²) < 4.78 is 26.7. The molecule has 1 aromatic rings. The first-order valence-corrected chi connectivity index (χ1v) is 8.29. The van der Waals surface area contributed by atoms with E-state index in [1.54, 1.807) is 12.1 Å². The standard InChI is InChI=1S/C14H17ClN2O2S/c1-11-4-3-9-17(11)20(18,19)14-7-6-12(5-2-8-16)10-13(14)15/h6-7,10-11H,3-4,8-9,16H2,1H3. The fraction of sp³-hybridized carbons (Fsp3) is 0.429. The van der Waals surface area contributed by atoms with Crippen LogP contribution in [-0.4, -0.2) is 31.9 Å². The van der Waals surface area contributed by atoms with E-state index in [1.165, 1.54) is 10.4 Å². The average molecular weight is 313 g/mol. The van der Waals surface area contributed by atoms with Crippen molar-refractivity contribution in [3.63, 3.8) is 0 Å². The molecule has 0 aliphatic carbocycles. The van der Waals surface area contributed by atoms with E-state index in [9.17, 15) is 8.42 Å². The highest BCUT2D eigenvalue weighted by Crippen LogP contribution is 2.30. The van der Waals surface area contributed by atoms with E-state index in [0.717, 1.165) is 12.8 Å². The molecule has 2 rings (SSSR count). The normalized spacial score (nSPS) is 19.6. The predicted octanol–water partition coefficient (Wildman–Crippen LogP) is 1.82. The van der Waals surface area contributed by atoms with Gasteiger partial charge in [0.15, 0.2) is 0 Å². The molecular formula is C14H17ClN2O2S. The van der Waals surface area contributed by atoms with Crippen molar-refractivity contribution in [2.45, 2.75) is 30.7 Å². The van der Waals surface area contributed by atoms with Gasteiger partial charge in [-0.15, -0.1) is 0 Å². The third-order valence-corrected chi connectivity index (χ3v) is 5.84. The maximum Gasteiger partial charge on any atom is 0.244 e. The quantitative estimate of drug-likeness (QED) is 0.847. The number of nitrogens with two attached hydrogens (primary N) is 1. The second-order valence-corrected chi connectivity index (χ2v) is 7.02. The van der Waals surface area contributed by atoms with Crippen molar-refractivity contribution in [2.75, 3.05) is 13.1 Å². The molecule has 1 aliphatic rings. The summed E-state index contributed by atoms with van der Waals surface area (Å²) in [5.74, 6) is 5.55. The lowest BCUT2D eigenvalue weighted by Gasteiger charge is -2.21. The predicted molar refractivity (Wildman–Crippen MR) is 80.0 cm³/mol. The molecule has 1 aromatic carbocycles. The van der Waals surface area contributed by atoms with Gasteiger partial charge in [-0.3, -0.25) is 0 Å². The molecule has 108 valence electrons. The van der Waals surface area contributed by atoms with Gasteiger partial charge in [-0.05, 0) is 38.0 Å². The lowest BCUT2D eigenvalue weighted by molar-refractivity contribution is 0.408. The SMILES string of the molecule is CC1CCCN1S(=O)(=O)c1ccc(C#CCN)cc1Cl. The van der Waals surface area contributed by atoms with Gasteiger partial charge in [0.05, 0.1) is 11.6 Å². The lowest BCUT2D eigenvalue weighted by Crippen LogP contribution is -2.33. The summed E-state index contributed by atoms with van der Waals surface area (Å²) in [6.07, 6.45) is 1.77. The Morgan fingerprint density at radius 2 is 2.25 bits per heavy atom. The van der Waals surface area contributed by atoms with Crippen molar-refractivity contribution in [3.05, 3.63) is 28.8 Å². The van der Waals surface area contributed by atoms with Crippen molar-refractivity contribution in [3.8, 4) is 11.8 Å². The molecule has 0 bridgehead atoms. The van der Waals surface area contributed by atoms with E-state index in [4.69, 9.17) is 17.3 Å². The highest BCUT2D eigenvalue weighted by Gasteiger charge is 2.33. The minimum Gasteiger partial charge on any atom is -0.320 e. The van der Waals surface area contributed by atoms with Crippen LogP contribution in [-0.2, 0) is 10.0 Å². The first kappa shape index (κ1) is 15.3. The molecule has 1 heterocycles. The first-order valence-electron chi connectivity index (χ1n) is 6.47. The number of hydrogen-bond donors (Lipinski definition) is 1. The summed E-state index contributed by atoms with van der Waals surface area (Å²) in [5.41, 5.74) is 5.96. The summed E-state index contributed by atoms with van der Waals surface area (Å²) in [6.45, 7) is 2.72. The molecule has 4 nitrogen and oxygen atoms in total. The van der Waals surface area contributed by atoms with Gasteiger partial charge in [0, 0.05) is 18.2 Å². The molecule has 1 unspecified atom stereocenters. The number of benzene rings is 1. The van der Waals surface area contributed by atoms with Gasteiger partial charge in [-0.1, -0.05) is 23.4 Å². The van der Waals surface area contributed by atoms with Crippen LogP contribution < -0.4 is 5.73 Å². The lowest BCUT2D eigenvalue weighted by atomic mass is 10.2.